The molecule has 3 aromatic rings. The predicted molar refractivity (Wildman–Crippen MR) is 103 cm³/mol. The molecule has 0 unspecified atom stereocenters. The monoisotopic (exact) mass is 362 g/mol. The number of fused-ring (bicyclic) bond motifs is 2. The molecule has 0 saturated heterocycles. The van der Waals surface area contributed by atoms with E-state index in [9.17, 15) is 9.90 Å². The summed E-state index contributed by atoms with van der Waals surface area (Å²) in [6, 6.07) is 13.3. The van der Waals surface area contributed by atoms with Crippen molar-refractivity contribution in [1.29, 1.82) is 0 Å². The second-order valence-corrected chi connectivity index (χ2v) is 6.19. The maximum Gasteiger partial charge on any atom is 0.339 e. The van der Waals surface area contributed by atoms with Crippen molar-refractivity contribution in [2.24, 2.45) is 0 Å². The lowest BCUT2D eigenvalue weighted by Gasteiger charge is -2.14. The molecule has 5 heteroatoms. The lowest BCUT2D eigenvalue weighted by molar-refractivity contribution is 0.0534. The van der Waals surface area contributed by atoms with Crippen LogP contribution in [0.15, 0.2) is 42.5 Å². The number of esters is 1. The van der Waals surface area contributed by atoms with Gasteiger partial charge in [-0.25, -0.2) is 4.79 Å². The second kappa shape index (κ2) is 6.68. The SMILES string of the molecule is COc1cc2c(O)c3c(c(C=Cc4ccccc4)c2cc1OC)C(=O)OC3. The first kappa shape index (κ1) is 17.0. The molecule has 136 valence electrons. The normalized spacial score (nSPS) is 13.0. The first-order valence-electron chi connectivity index (χ1n) is 8.47. The van der Waals surface area contributed by atoms with E-state index in [1.54, 1.807) is 19.2 Å². The van der Waals surface area contributed by atoms with Crippen LogP contribution in [0, 0.1) is 0 Å². The zero-order valence-electron chi connectivity index (χ0n) is 15.0. The smallest absolute Gasteiger partial charge is 0.339 e. The standard InChI is InChI=1S/C22H18O5/c1-25-18-10-15-14(9-8-13-6-4-3-5-7-13)20-17(12-27-22(20)24)21(23)16(15)11-19(18)26-2/h3-11,23H,12H2,1-2H3. The molecule has 5 nitrogen and oxygen atoms in total. The van der Waals surface area contributed by atoms with Gasteiger partial charge in [-0.2, -0.15) is 0 Å². The van der Waals surface area contributed by atoms with Gasteiger partial charge in [0.15, 0.2) is 11.5 Å². The van der Waals surface area contributed by atoms with Crippen LogP contribution in [0.1, 0.15) is 27.0 Å². The molecule has 0 fully saturated rings. The second-order valence-electron chi connectivity index (χ2n) is 6.19. The van der Waals surface area contributed by atoms with E-state index >= 15 is 0 Å². The Balaban J connectivity index is 2.03. The molecule has 4 rings (SSSR count). The van der Waals surface area contributed by atoms with Gasteiger partial charge in [0.1, 0.15) is 12.4 Å². The van der Waals surface area contributed by atoms with Crippen molar-refractivity contribution in [1.82, 2.24) is 0 Å². The summed E-state index contributed by atoms with van der Waals surface area (Å²) in [4.78, 5) is 12.3. The lowest BCUT2D eigenvalue weighted by atomic mass is 9.93. The average molecular weight is 362 g/mol. The van der Waals surface area contributed by atoms with Crippen molar-refractivity contribution in [2.45, 2.75) is 6.61 Å². The summed E-state index contributed by atoms with van der Waals surface area (Å²) in [6.45, 7) is 0.0520. The van der Waals surface area contributed by atoms with E-state index in [-0.39, 0.29) is 12.4 Å². The Hall–Kier alpha value is -3.47. The number of carbonyl (C=O) groups excluding carboxylic acids is 1. The van der Waals surface area contributed by atoms with E-state index in [0.29, 0.717) is 39.0 Å². The summed E-state index contributed by atoms with van der Waals surface area (Å²) in [5.74, 6) is 0.613. The van der Waals surface area contributed by atoms with Gasteiger partial charge < -0.3 is 19.3 Å². The molecule has 0 atom stereocenters. The fourth-order valence-electron chi connectivity index (χ4n) is 3.38. The highest BCUT2D eigenvalue weighted by Gasteiger charge is 2.30. The van der Waals surface area contributed by atoms with Crippen molar-refractivity contribution in [3.8, 4) is 17.2 Å². The highest BCUT2D eigenvalue weighted by molar-refractivity contribution is 6.10. The zero-order chi connectivity index (χ0) is 19.0. The molecule has 1 aliphatic heterocycles. The zero-order valence-corrected chi connectivity index (χ0v) is 15.0. The quantitative estimate of drug-likeness (QED) is 0.550. The van der Waals surface area contributed by atoms with Gasteiger partial charge in [-0.1, -0.05) is 42.5 Å². The molecule has 1 aliphatic rings. The molecule has 1 heterocycles. The third-order valence-electron chi connectivity index (χ3n) is 4.72. The fourth-order valence-corrected chi connectivity index (χ4v) is 3.38. The Labute approximate surface area is 156 Å². The van der Waals surface area contributed by atoms with Crippen LogP contribution in [0.2, 0.25) is 0 Å². The summed E-state index contributed by atoms with van der Waals surface area (Å²) in [6.07, 6.45) is 3.79. The summed E-state index contributed by atoms with van der Waals surface area (Å²) in [5, 5.41) is 12.0. The number of hydrogen-bond acceptors (Lipinski definition) is 5. The number of benzene rings is 3. The van der Waals surface area contributed by atoms with E-state index in [2.05, 4.69) is 0 Å². The molecule has 1 N–H and O–H groups in total. The summed E-state index contributed by atoms with van der Waals surface area (Å²) in [7, 11) is 3.08. The molecule has 0 saturated carbocycles. The summed E-state index contributed by atoms with van der Waals surface area (Å²) < 4.78 is 15.9. The van der Waals surface area contributed by atoms with Gasteiger partial charge in [-0.05, 0) is 28.6 Å². The molecule has 3 aromatic carbocycles. The molecule has 0 aliphatic carbocycles. The van der Waals surface area contributed by atoms with Crippen LogP contribution >= 0.6 is 0 Å². The van der Waals surface area contributed by atoms with Gasteiger partial charge in [-0.15, -0.1) is 0 Å². The first-order valence-corrected chi connectivity index (χ1v) is 8.47. The summed E-state index contributed by atoms with van der Waals surface area (Å²) >= 11 is 0. The average Bonchev–Trinajstić information content (AvgIpc) is 3.09. The van der Waals surface area contributed by atoms with Gasteiger partial charge in [0.05, 0.1) is 19.8 Å². The Morgan fingerprint density at radius 1 is 1.00 bits per heavy atom. The lowest BCUT2D eigenvalue weighted by Crippen LogP contribution is -2.00. The maximum atomic E-state index is 12.3. The minimum atomic E-state index is -0.440. The van der Waals surface area contributed by atoms with E-state index in [1.807, 2.05) is 42.5 Å². The highest BCUT2D eigenvalue weighted by atomic mass is 16.5. The summed E-state index contributed by atoms with van der Waals surface area (Å²) in [5.41, 5.74) is 2.57. The fraction of sp³-hybridized carbons (Fsp3) is 0.136. The Morgan fingerprint density at radius 3 is 2.33 bits per heavy atom. The van der Waals surface area contributed by atoms with Crippen molar-refractivity contribution < 1.29 is 24.1 Å². The number of aromatic hydroxyl groups is 1. The number of hydrogen-bond donors (Lipinski definition) is 1. The first-order chi connectivity index (χ1) is 13.1. The van der Waals surface area contributed by atoms with Crippen molar-refractivity contribution in [3.63, 3.8) is 0 Å². The van der Waals surface area contributed by atoms with E-state index in [0.717, 1.165) is 5.56 Å². The number of rotatable bonds is 4. The van der Waals surface area contributed by atoms with Crippen LogP contribution in [0.25, 0.3) is 22.9 Å². The highest BCUT2D eigenvalue weighted by Crippen LogP contribution is 2.44. The molecule has 0 amide bonds. The molecule has 0 radical (unpaired) electrons. The number of phenolic OH excluding ortho intramolecular Hbond substituents is 1. The number of phenols is 1. The van der Waals surface area contributed by atoms with Crippen molar-refractivity contribution in [3.05, 3.63) is 64.7 Å². The largest absolute Gasteiger partial charge is 0.507 e. The van der Waals surface area contributed by atoms with Gasteiger partial charge in [0.25, 0.3) is 0 Å². The van der Waals surface area contributed by atoms with Gasteiger partial charge in [0.2, 0.25) is 0 Å². The van der Waals surface area contributed by atoms with Crippen molar-refractivity contribution >= 4 is 28.9 Å². The van der Waals surface area contributed by atoms with Crippen molar-refractivity contribution in [2.75, 3.05) is 14.2 Å². The molecular formula is C22H18O5. The minimum absolute atomic E-state index is 0.0312. The number of ether oxygens (including phenoxy) is 3. The predicted octanol–water partition coefficient (Wildman–Crippen LogP) is 4.40. The Morgan fingerprint density at radius 2 is 1.67 bits per heavy atom. The molecule has 0 bridgehead atoms. The number of cyclic esters (lactones) is 1. The van der Waals surface area contributed by atoms with Gasteiger partial charge in [0, 0.05) is 10.9 Å². The maximum absolute atomic E-state index is 12.3. The Kier molecular flexibility index (Phi) is 4.20. The van der Waals surface area contributed by atoms with Crippen LogP contribution in [-0.2, 0) is 11.3 Å². The number of methoxy groups -OCH3 is 2. The van der Waals surface area contributed by atoms with E-state index in [1.165, 1.54) is 7.11 Å². The van der Waals surface area contributed by atoms with Crippen LogP contribution in [0.5, 0.6) is 17.2 Å². The van der Waals surface area contributed by atoms with E-state index in [4.69, 9.17) is 14.2 Å². The third kappa shape index (κ3) is 2.77. The van der Waals surface area contributed by atoms with Gasteiger partial charge in [-0.3, -0.25) is 0 Å². The van der Waals surface area contributed by atoms with Crippen LogP contribution in [0.3, 0.4) is 0 Å². The number of carbonyl (C=O) groups is 1. The van der Waals surface area contributed by atoms with E-state index < -0.39 is 5.97 Å². The van der Waals surface area contributed by atoms with Gasteiger partial charge >= 0.3 is 5.97 Å². The topological polar surface area (TPSA) is 65.0 Å². The van der Waals surface area contributed by atoms with Crippen LogP contribution in [0.4, 0.5) is 0 Å². The molecule has 0 aromatic heterocycles. The minimum Gasteiger partial charge on any atom is -0.507 e. The molecular weight excluding hydrogens is 344 g/mol. The third-order valence-corrected chi connectivity index (χ3v) is 4.72. The molecule has 0 spiro atoms. The molecule has 27 heavy (non-hydrogen) atoms. The Bertz CT molecular complexity index is 1070. The van der Waals surface area contributed by atoms with Crippen LogP contribution < -0.4 is 9.47 Å². The van der Waals surface area contributed by atoms with Crippen LogP contribution in [-0.4, -0.2) is 25.3 Å².